The van der Waals surface area contributed by atoms with E-state index in [4.69, 9.17) is 4.18 Å². The molecule has 0 saturated heterocycles. The van der Waals surface area contributed by atoms with Gasteiger partial charge in [0, 0.05) is 12.1 Å². The maximum Gasteiger partial charge on any atom is 0.297 e. The Bertz CT molecular complexity index is 1120. The third-order valence-electron chi connectivity index (χ3n) is 4.75. The molecular weight excluding hydrogens is 452 g/mol. The first kappa shape index (κ1) is 24.3. The summed E-state index contributed by atoms with van der Waals surface area (Å²) in [5, 5.41) is 2.87. The Kier molecular flexibility index (Phi) is 6.73. The van der Waals surface area contributed by atoms with Gasteiger partial charge in [-0.05, 0) is 39.8 Å². The number of hydrogen-bond acceptors (Lipinski definition) is 7. The summed E-state index contributed by atoms with van der Waals surface area (Å²) in [5.41, 5.74) is 0.573. The molecule has 2 aromatic carbocycles. The van der Waals surface area contributed by atoms with Crippen LogP contribution in [0.3, 0.4) is 0 Å². The van der Waals surface area contributed by atoms with Gasteiger partial charge in [-0.3, -0.25) is 18.1 Å². The molecule has 0 spiro atoms. The van der Waals surface area contributed by atoms with Crippen LogP contribution in [0, 0.1) is 6.92 Å². The molecule has 0 saturated carbocycles. The number of hydrogen-bond donors (Lipinski definition) is 3. The van der Waals surface area contributed by atoms with Crippen LogP contribution in [-0.4, -0.2) is 46.4 Å². The molecule has 0 fully saturated rings. The van der Waals surface area contributed by atoms with Gasteiger partial charge in [0.25, 0.3) is 16.0 Å². The third-order valence-corrected chi connectivity index (χ3v) is 8.29. The van der Waals surface area contributed by atoms with Crippen molar-refractivity contribution in [1.82, 2.24) is 9.62 Å². The first-order valence-electron chi connectivity index (χ1n) is 9.98. The van der Waals surface area contributed by atoms with E-state index in [1.54, 1.807) is 63.2 Å². The molecule has 32 heavy (non-hydrogen) atoms. The summed E-state index contributed by atoms with van der Waals surface area (Å²) in [6.45, 7) is 6.70. The minimum Gasteiger partial charge on any atom is -0.377 e. The number of carbonyl (C=O) groups excluding carboxylic acids is 1. The van der Waals surface area contributed by atoms with E-state index in [1.807, 2.05) is 6.92 Å². The zero-order valence-electron chi connectivity index (χ0n) is 18.4. The molecule has 3 rings (SSSR count). The zero-order chi connectivity index (χ0) is 23.7. The molecule has 1 heterocycles. The lowest BCUT2D eigenvalue weighted by Gasteiger charge is -2.45. The first-order chi connectivity index (χ1) is 14.9. The summed E-state index contributed by atoms with van der Waals surface area (Å²) in [4.78, 5) is 13.3. The minimum absolute atomic E-state index is 0.0162. The van der Waals surface area contributed by atoms with E-state index < -0.39 is 32.3 Å². The standard InChI is InChI=1S/C22H28N2O6S2/c1-16-10-12-18(13-11-16)32(28,29)30-15-14-23-19-20(17-8-6-5-7-9-17)31(26,27)24(21(19)25)22(2,3)4/h5-13,23,26-27H,14-15H2,1-4H3. The summed E-state index contributed by atoms with van der Waals surface area (Å²) in [6, 6.07) is 14.9. The van der Waals surface area contributed by atoms with Crippen molar-refractivity contribution < 1.29 is 26.5 Å². The van der Waals surface area contributed by atoms with Gasteiger partial charge in [0.15, 0.2) is 0 Å². The number of aryl methyl sites for hydroxylation is 1. The number of nitrogens with one attached hydrogen (secondary N) is 1. The van der Waals surface area contributed by atoms with Crippen LogP contribution in [0.2, 0.25) is 0 Å². The number of benzene rings is 2. The molecule has 3 N–H and O–H groups in total. The quantitative estimate of drug-likeness (QED) is 0.406. The normalized spacial score (nSPS) is 17.6. The molecule has 0 unspecified atom stereocenters. The van der Waals surface area contributed by atoms with Crippen molar-refractivity contribution >= 4 is 31.7 Å². The van der Waals surface area contributed by atoms with E-state index >= 15 is 0 Å². The summed E-state index contributed by atoms with van der Waals surface area (Å²) in [5.74, 6) is -0.572. The molecule has 0 aromatic heterocycles. The minimum atomic E-state index is -3.95. The van der Waals surface area contributed by atoms with Gasteiger partial charge in [-0.1, -0.05) is 58.8 Å². The number of nitrogens with zero attached hydrogens (tertiary/aromatic N) is 1. The lowest BCUT2D eigenvalue weighted by molar-refractivity contribution is -0.125. The second-order valence-electron chi connectivity index (χ2n) is 8.38. The molecule has 1 aliphatic rings. The Balaban J connectivity index is 1.82. The highest BCUT2D eigenvalue weighted by Crippen LogP contribution is 2.63. The Hall–Kier alpha value is -2.37. The predicted molar refractivity (Wildman–Crippen MR) is 125 cm³/mol. The average molecular weight is 481 g/mol. The largest absolute Gasteiger partial charge is 0.377 e. The lowest BCUT2D eigenvalue weighted by Crippen LogP contribution is -2.45. The van der Waals surface area contributed by atoms with Gasteiger partial charge in [-0.15, -0.1) is 0 Å². The molecule has 174 valence electrons. The zero-order valence-corrected chi connectivity index (χ0v) is 20.0. The van der Waals surface area contributed by atoms with Gasteiger partial charge >= 0.3 is 0 Å². The predicted octanol–water partition coefficient (Wildman–Crippen LogP) is 3.97. The monoisotopic (exact) mass is 480 g/mol. The average Bonchev–Trinajstić information content (AvgIpc) is 2.90. The van der Waals surface area contributed by atoms with Crippen LogP contribution in [0.5, 0.6) is 0 Å². The highest BCUT2D eigenvalue weighted by Gasteiger charge is 2.49. The van der Waals surface area contributed by atoms with Gasteiger partial charge in [0.05, 0.1) is 17.0 Å². The fourth-order valence-electron chi connectivity index (χ4n) is 3.38. The van der Waals surface area contributed by atoms with Crippen LogP contribution in [-0.2, 0) is 19.1 Å². The smallest absolute Gasteiger partial charge is 0.297 e. The molecule has 0 atom stereocenters. The summed E-state index contributed by atoms with van der Waals surface area (Å²) in [7, 11) is -7.56. The molecule has 0 radical (unpaired) electrons. The third kappa shape index (κ3) is 4.84. The molecule has 1 amide bonds. The Labute approximate surface area is 190 Å². The summed E-state index contributed by atoms with van der Waals surface area (Å²) in [6.07, 6.45) is 0. The molecular formula is C22H28N2O6S2. The fourth-order valence-corrected chi connectivity index (χ4v) is 6.44. The van der Waals surface area contributed by atoms with Crippen molar-refractivity contribution in [2.24, 2.45) is 0 Å². The van der Waals surface area contributed by atoms with E-state index in [9.17, 15) is 22.3 Å². The maximum absolute atomic E-state index is 13.1. The first-order valence-corrected chi connectivity index (χ1v) is 12.9. The number of carbonyl (C=O) groups is 1. The van der Waals surface area contributed by atoms with Crippen LogP contribution >= 0.6 is 10.8 Å². The molecule has 10 heteroatoms. The molecule has 0 bridgehead atoms. The summed E-state index contributed by atoms with van der Waals surface area (Å²) < 4.78 is 52.9. The van der Waals surface area contributed by atoms with E-state index in [-0.39, 0.29) is 28.6 Å². The van der Waals surface area contributed by atoms with Crippen molar-refractivity contribution in [3.8, 4) is 0 Å². The van der Waals surface area contributed by atoms with Crippen molar-refractivity contribution in [3.63, 3.8) is 0 Å². The van der Waals surface area contributed by atoms with E-state index in [0.29, 0.717) is 5.56 Å². The Morgan fingerprint density at radius 1 is 1.03 bits per heavy atom. The van der Waals surface area contributed by atoms with E-state index in [2.05, 4.69) is 5.32 Å². The molecule has 1 aliphatic heterocycles. The summed E-state index contributed by atoms with van der Waals surface area (Å²) >= 11 is 0. The molecule has 8 nitrogen and oxygen atoms in total. The second kappa shape index (κ2) is 8.87. The fraction of sp³-hybridized carbons (Fsp3) is 0.318. The van der Waals surface area contributed by atoms with Crippen LogP contribution in [0.15, 0.2) is 65.2 Å². The topological polar surface area (TPSA) is 116 Å². The lowest BCUT2D eigenvalue weighted by atomic mass is 10.1. The highest BCUT2D eigenvalue weighted by molar-refractivity contribution is 8.31. The van der Waals surface area contributed by atoms with E-state index in [1.165, 1.54) is 12.1 Å². The van der Waals surface area contributed by atoms with Crippen molar-refractivity contribution in [2.45, 2.75) is 38.1 Å². The number of amides is 1. The van der Waals surface area contributed by atoms with Gasteiger partial charge in [0.1, 0.15) is 10.6 Å². The SMILES string of the molecule is Cc1ccc(S(=O)(=O)OCCNC2=C(c3ccccc3)S(O)(O)N(C(C)(C)C)C2=O)cc1. The Morgan fingerprint density at radius 2 is 1.62 bits per heavy atom. The van der Waals surface area contributed by atoms with Gasteiger partial charge < -0.3 is 5.32 Å². The van der Waals surface area contributed by atoms with Crippen LogP contribution < -0.4 is 5.32 Å². The number of rotatable bonds is 7. The van der Waals surface area contributed by atoms with E-state index in [0.717, 1.165) is 9.87 Å². The highest BCUT2D eigenvalue weighted by atomic mass is 32.3. The van der Waals surface area contributed by atoms with Crippen LogP contribution in [0.1, 0.15) is 31.9 Å². The van der Waals surface area contributed by atoms with Crippen molar-refractivity contribution in [2.75, 3.05) is 13.2 Å². The molecule has 2 aromatic rings. The Morgan fingerprint density at radius 3 is 2.19 bits per heavy atom. The van der Waals surface area contributed by atoms with Crippen LogP contribution in [0.4, 0.5) is 0 Å². The van der Waals surface area contributed by atoms with Crippen molar-refractivity contribution in [3.05, 3.63) is 71.4 Å². The van der Waals surface area contributed by atoms with Crippen molar-refractivity contribution in [1.29, 1.82) is 0 Å². The van der Waals surface area contributed by atoms with Crippen LogP contribution in [0.25, 0.3) is 4.91 Å². The van der Waals surface area contributed by atoms with Gasteiger partial charge in [-0.25, -0.2) is 4.31 Å². The van der Waals surface area contributed by atoms with Gasteiger partial charge in [0.2, 0.25) is 0 Å². The second-order valence-corrected chi connectivity index (χ2v) is 11.8. The van der Waals surface area contributed by atoms with Gasteiger partial charge in [-0.2, -0.15) is 8.42 Å². The molecule has 0 aliphatic carbocycles. The maximum atomic E-state index is 13.1.